The minimum absolute atomic E-state index is 0.0709. The number of thioether (sulfide) groups is 1. The molecule has 1 aromatic carbocycles. The van der Waals surface area contributed by atoms with Crippen molar-refractivity contribution in [2.24, 2.45) is 15.2 Å². The van der Waals surface area contributed by atoms with Gasteiger partial charge in [0.15, 0.2) is 0 Å². The van der Waals surface area contributed by atoms with Crippen molar-refractivity contribution in [2.45, 2.75) is 13.3 Å². The Labute approximate surface area is 121 Å². The van der Waals surface area contributed by atoms with Crippen molar-refractivity contribution < 1.29 is 9.53 Å². The predicted molar refractivity (Wildman–Crippen MR) is 80.2 cm³/mol. The molecule has 0 unspecified atom stereocenters. The fraction of sp³-hybridized carbons (Fsp3) is 0.286. The van der Waals surface area contributed by atoms with Crippen LogP contribution in [-0.4, -0.2) is 23.4 Å². The van der Waals surface area contributed by atoms with E-state index in [1.165, 1.54) is 17.3 Å². The van der Waals surface area contributed by atoms with Gasteiger partial charge in [0.2, 0.25) is 5.17 Å². The second-order valence-electron chi connectivity index (χ2n) is 4.04. The van der Waals surface area contributed by atoms with Crippen LogP contribution in [0.5, 0.6) is 5.75 Å². The van der Waals surface area contributed by atoms with Gasteiger partial charge in [0.1, 0.15) is 11.4 Å². The van der Waals surface area contributed by atoms with Crippen molar-refractivity contribution in [1.29, 1.82) is 0 Å². The number of hydrogen-bond donors (Lipinski definition) is 0. The van der Waals surface area contributed by atoms with Gasteiger partial charge in [-0.25, -0.2) is 0 Å². The van der Waals surface area contributed by atoms with E-state index in [9.17, 15) is 4.79 Å². The Hall–Kier alpha value is -1.95. The van der Waals surface area contributed by atoms with Crippen LogP contribution in [0.4, 0.5) is 0 Å². The predicted octanol–water partition coefficient (Wildman–Crippen LogP) is 3.22. The summed E-state index contributed by atoms with van der Waals surface area (Å²) in [4.78, 5) is 15.0. The Morgan fingerprint density at radius 1 is 1.25 bits per heavy atom. The molecule has 0 saturated heterocycles. The number of rotatable bonds is 5. The summed E-state index contributed by atoms with van der Waals surface area (Å²) < 4.78 is 5.59. The molecular formula is C14H15N3O2S. The SMILES string of the molecule is C=C1N=NC(SCCOc2ccc(CC)cc2)=NC1=O. The Balaban J connectivity index is 1.74. The first-order valence-corrected chi connectivity index (χ1v) is 7.26. The van der Waals surface area contributed by atoms with Crippen LogP contribution in [-0.2, 0) is 11.2 Å². The lowest BCUT2D eigenvalue weighted by atomic mass is 10.2. The molecule has 1 aliphatic rings. The van der Waals surface area contributed by atoms with Crippen LogP contribution in [0.3, 0.4) is 0 Å². The summed E-state index contributed by atoms with van der Waals surface area (Å²) in [5.41, 5.74) is 1.35. The quantitative estimate of drug-likeness (QED) is 0.617. The number of carbonyl (C=O) groups excluding carboxylic acids is 1. The molecule has 20 heavy (non-hydrogen) atoms. The monoisotopic (exact) mass is 289 g/mol. The average Bonchev–Trinajstić information content (AvgIpc) is 2.48. The van der Waals surface area contributed by atoms with E-state index in [1.807, 2.05) is 24.3 Å². The summed E-state index contributed by atoms with van der Waals surface area (Å²) in [6, 6.07) is 8.00. The topological polar surface area (TPSA) is 63.4 Å². The first-order chi connectivity index (χ1) is 9.69. The molecule has 6 heteroatoms. The Morgan fingerprint density at radius 2 is 2.00 bits per heavy atom. The number of amidine groups is 1. The van der Waals surface area contributed by atoms with Gasteiger partial charge in [0.05, 0.1) is 6.61 Å². The molecule has 0 bridgehead atoms. The van der Waals surface area contributed by atoms with Crippen LogP contribution >= 0.6 is 11.8 Å². The second kappa shape index (κ2) is 7.00. The Kier molecular flexibility index (Phi) is 5.06. The van der Waals surface area contributed by atoms with Gasteiger partial charge in [-0.1, -0.05) is 37.4 Å². The van der Waals surface area contributed by atoms with E-state index < -0.39 is 5.91 Å². The molecule has 0 spiro atoms. The maximum atomic E-state index is 11.2. The van der Waals surface area contributed by atoms with Gasteiger partial charge in [0.25, 0.3) is 5.91 Å². The molecule has 1 amide bonds. The first-order valence-electron chi connectivity index (χ1n) is 6.27. The first kappa shape index (κ1) is 14.5. The Morgan fingerprint density at radius 3 is 2.65 bits per heavy atom. The zero-order chi connectivity index (χ0) is 14.4. The van der Waals surface area contributed by atoms with E-state index in [2.05, 4.69) is 28.7 Å². The third kappa shape index (κ3) is 4.03. The van der Waals surface area contributed by atoms with Gasteiger partial charge in [-0.05, 0) is 24.1 Å². The number of hydrogen-bond acceptors (Lipinski definition) is 5. The van der Waals surface area contributed by atoms with Crippen molar-refractivity contribution in [3.63, 3.8) is 0 Å². The van der Waals surface area contributed by atoms with Crippen LogP contribution in [0.15, 0.2) is 51.8 Å². The summed E-state index contributed by atoms with van der Waals surface area (Å²) in [5.74, 6) is 1.05. The highest BCUT2D eigenvalue weighted by Crippen LogP contribution is 2.16. The highest BCUT2D eigenvalue weighted by atomic mass is 32.2. The number of amides is 1. The van der Waals surface area contributed by atoms with E-state index >= 15 is 0 Å². The molecular weight excluding hydrogens is 274 g/mol. The number of azo groups is 1. The van der Waals surface area contributed by atoms with E-state index in [1.54, 1.807) is 0 Å². The summed E-state index contributed by atoms with van der Waals surface area (Å²) in [7, 11) is 0. The number of carbonyl (C=O) groups is 1. The van der Waals surface area contributed by atoms with Crippen molar-refractivity contribution in [3.05, 3.63) is 42.1 Å². The van der Waals surface area contributed by atoms with Crippen LogP contribution in [0, 0.1) is 0 Å². The maximum absolute atomic E-state index is 11.2. The fourth-order valence-corrected chi connectivity index (χ4v) is 2.09. The normalized spacial score (nSPS) is 14.3. The zero-order valence-electron chi connectivity index (χ0n) is 11.2. The lowest BCUT2D eigenvalue weighted by molar-refractivity contribution is -0.114. The Bertz CT molecular complexity index is 564. The molecule has 104 valence electrons. The van der Waals surface area contributed by atoms with Crippen molar-refractivity contribution in [1.82, 2.24) is 0 Å². The van der Waals surface area contributed by atoms with Gasteiger partial charge >= 0.3 is 0 Å². The van der Waals surface area contributed by atoms with Crippen LogP contribution < -0.4 is 4.74 Å². The molecule has 5 nitrogen and oxygen atoms in total. The summed E-state index contributed by atoms with van der Waals surface area (Å²) in [5, 5.41) is 7.78. The highest BCUT2D eigenvalue weighted by Gasteiger charge is 2.13. The average molecular weight is 289 g/mol. The summed E-state index contributed by atoms with van der Waals surface area (Å²) >= 11 is 1.33. The number of benzene rings is 1. The zero-order valence-corrected chi connectivity index (χ0v) is 12.0. The van der Waals surface area contributed by atoms with Crippen molar-refractivity contribution >= 4 is 22.8 Å². The highest BCUT2D eigenvalue weighted by molar-refractivity contribution is 8.13. The van der Waals surface area contributed by atoms with E-state index in [0.717, 1.165) is 12.2 Å². The second-order valence-corrected chi connectivity index (χ2v) is 5.10. The number of aryl methyl sites for hydroxylation is 1. The van der Waals surface area contributed by atoms with Crippen LogP contribution in [0.25, 0.3) is 0 Å². The van der Waals surface area contributed by atoms with Gasteiger partial charge in [0, 0.05) is 5.75 Å². The summed E-state index contributed by atoms with van der Waals surface area (Å²) in [6.45, 7) is 6.06. The fourth-order valence-electron chi connectivity index (χ4n) is 1.49. The molecule has 0 aromatic heterocycles. The number of aliphatic imine (C=N–C) groups is 1. The lowest BCUT2D eigenvalue weighted by Gasteiger charge is -2.07. The van der Waals surface area contributed by atoms with Gasteiger partial charge < -0.3 is 4.74 Å². The largest absolute Gasteiger partial charge is 0.493 e. The third-order valence-corrected chi connectivity index (χ3v) is 3.42. The molecule has 1 aliphatic heterocycles. The number of nitrogens with zero attached hydrogens (tertiary/aromatic N) is 3. The van der Waals surface area contributed by atoms with Crippen LogP contribution in [0.1, 0.15) is 12.5 Å². The van der Waals surface area contributed by atoms with Crippen molar-refractivity contribution in [2.75, 3.05) is 12.4 Å². The molecule has 2 rings (SSSR count). The van der Waals surface area contributed by atoms with Crippen LogP contribution in [0.2, 0.25) is 0 Å². The molecule has 1 aromatic rings. The molecule has 0 aliphatic carbocycles. The molecule has 0 N–H and O–H groups in total. The minimum atomic E-state index is -0.432. The molecule has 0 radical (unpaired) electrons. The lowest BCUT2D eigenvalue weighted by Crippen LogP contribution is -2.07. The van der Waals surface area contributed by atoms with Gasteiger partial charge in [-0.2, -0.15) is 4.99 Å². The number of ether oxygens (including phenoxy) is 1. The standard InChI is InChI=1S/C14H15N3O2S/c1-3-11-4-6-12(7-5-11)19-8-9-20-14-15-13(18)10(2)16-17-14/h4-7H,2-3,8-9H2,1H3. The molecule has 0 saturated carbocycles. The third-order valence-electron chi connectivity index (χ3n) is 2.62. The van der Waals surface area contributed by atoms with E-state index in [-0.39, 0.29) is 5.70 Å². The molecule has 1 heterocycles. The smallest absolute Gasteiger partial charge is 0.299 e. The van der Waals surface area contributed by atoms with E-state index in [0.29, 0.717) is 17.5 Å². The van der Waals surface area contributed by atoms with Crippen molar-refractivity contribution in [3.8, 4) is 5.75 Å². The maximum Gasteiger partial charge on any atom is 0.299 e. The minimum Gasteiger partial charge on any atom is -0.493 e. The van der Waals surface area contributed by atoms with Gasteiger partial charge in [-0.3, -0.25) is 4.79 Å². The summed E-state index contributed by atoms with van der Waals surface area (Å²) in [6.07, 6.45) is 1.01. The molecule has 0 atom stereocenters. The molecule has 0 fully saturated rings. The van der Waals surface area contributed by atoms with Gasteiger partial charge in [-0.15, -0.1) is 10.2 Å². The van der Waals surface area contributed by atoms with E-state index in [4.69, 9.17) is 4.74 Å².